The van der Waals surface area contributed by atoms with E-state index >= 15 is 0 Å². The van der Waals surface area contributed by atoms with Crippen molar-refractivity contribution in [3.05, 3.63) is 65.2 Å². The predicted octanol–water partition coefficient (Wildman–Crippen LogP) is 3.63. The van der Waals surface area contributed by atoms with Crippen LogP contribution in [0.5, 0.6) is 0 Å². The van der Waals surface area contributed by atoms with E-state index in [0.29, 0.717) is 5.56 Å². The van der Waals surface area contributed by atoms with Crippen LogP contribution in [-0.4, -0.2) is 16.2 Å². The van der Waals surface area contributed by atoms with Gasteiger partial charge in [-0.2, -0.15) is 0 Å². The van der Waals surface area contributed by atoms with Gasteiger partial charge < -0.3 is 5.11 Å². The highest BCUT2D eigenvalue weighted by Crippen LogP contribution is 2.24. The molecule has 2 aromatic rings. The first-order valence-electron chi connectivity index (χ1n) is 5.69. The number of hydrogen-bond acceptors (Lipinski definition) is 3. The fourth-order valence-corrected chi connectivity index (χ4v) is 2.45. The summed E-state index contributed by atoms with van der Waals surface area (Å²) in [6, 6.07) is 13.7. The third-order valence-corrected chi connectivity index (χ3v) is 3.59. The maximum absolute atomic E-state index is 12.1. The van der Waals surface area contributed by atoms with E-state index in [1.165, 1.54) is 12.1 Å². The molecule has 4 heteroatoms. The van der Waals surface area contributed by atoms with Crippen LogP contribution < -0.4 is 0 Å². The van der Waals surface area contributed by atoms with E-state index in [2.05, 4.69) is 0 Å². The zero-order valence-electron chi connectivity index (χ0n) is 10.3. The lowest BCUT2D eigenvalue weighted by molar-refractivity contribution is 0.0696. The number of carboxylic acids is 1. The lowest BCUT2D eigenvalue weighted by atomic mass is 10.1. The summed E-state index contributed by atoms with van der Waals surface area (Å²) < 4.78 is 0. The molecular formula is C15H12O3S. The Bertz CT molecular complexity index is 618. The molecule has 3 nitrogen and oxygen atoms in total. The number of carboxylic acid groups (broad SMARTS) is 1. The Kier molecular flexibility index (Phi) is 4.02. The van der Waals surface area contributed by atoms with E-state index in [0.717, 1.165) is 22.2 Å². The fraction of sp³-hybridized carbons (Fsp3) is 0.0667. The van der Waals surface area contributed by atoms with Gasteiger partial charge in [-0.05, 0) is 48.5 Å². The largest absolute Gasteiger partial charge is 0.478 e. The van der Waals surface area contributed by atoms with Gasteiger partial charge in [0.1, 0.15) is 0 Å². The highest BCUT2D eigenvalue weighted by atomic mass is 32.2. The average Bonchev–Trinajstić information content (AvgIpc) is 2.39. The van der Waals surface area contributed by atoms with Gasteiger partial charge in [0.05, 0.1) is 5.56 Å². The Balaban J connectivity index is 2.15. The molecule has 19 heavy (non-hydrogen) atoms. The van der Waals surface area contributed by atoms with Crippen LogP contribution in [0.3, 0.4) is 0 Å². The van der Waals surface area contributed by atoms with Crippen LogP contribution in [0.1, 0.15) is 26.3 Å². The molecule has 0 saturated heterocycles. The molecule has 0 aliphatic carbocycles. The van der Waals surface area contributed by atoms with Gasteiger partial charge in [-0.25, -0.2) is 4.79 Å². The van der Waals surface area contributed by atoms with Crippen molar-refractivity contribution in [2.45, 2.75) is 11.8 Å². The minimum atomic E-state index is -0.971. The van der Waals surface area contributed by atoms with Crippen LogP contribution in [0.25, 0.3) is 0 Å². The van der Waals surface area contributed by atoms with E-state index in [1.807, 2.05) is 25.1 Å². The zero-order chi connectivity index (χ0) is 13.8. The number of thioether (sulfide) groups is 1. The summed E-state index contributed by atoms with van der Waals surface area (Å²) in [4.78, 5) is 23.6. The molecule has 1 N–H and O–H groups in total. The Morgan fingerprint density at radius 1 is 1.00 bits per heavy atom. The van der Waals surface area contributed by atoms with Crippen LogP contribution in [0.15, 0.2) is 53.4 Å². The highest BCUT2D eigenvalue weighted by molar-refractivity contribution is 8.14. The summed E-state index contributed by atoms with van der Waals surface area (Å²) in [5.74, 6) is -0.971. The second-order valence-electron chi connectivity index (χ2n) is 4.03. The summed E-state index contributed by atoms with van der Waals surface area (Å²) in [5, 5.41) is 8.76. The van der Waals surface area contributed by atoms with Gasteiger partial charge >= 0.3 is 5.97 Å². The standard InChI is InChI=1S/C15H12O3S/c1-10-4-2-3-5-13(10)15(18)19-12-8-6-11(7-9-12)14(16)17/h2-9H,1H3,(H,16,17). The molecule has 0 heterocycles. The summed E-state index contributed by atoms with van der Waals surface area (Å²) in [6.07, 6.45) is 0. The molecule has 2 aromatic carbocycles. The average molecular weight is 272 g/mol. The number of carbonyl (C=O) groups excluding carboxylic acids is 1. The van der Waals surface area contributed by atoms with E-state index in [4.69, 9.17) is 5.11 Å². The molecule has 0 unspecified atom stereocenters. The number of rotatable bonds is 3. The van der Waals surface area contributed by atoms with Crippen molar-refractivity contribution in [1.29, 1.82) is 0 Å². The number of aromatic carboxylic acids is 1. The van der Waals surface area contributed by atoms with Crippen molar-refractivity contribution in [2.75, 3.05) is 0 Å². The molecule has 0 spiro atoms. The van der Waals surface area contributed by atoms with Gasteiger partial charge in [0.15, 0.2) is 0 Å². The highest BCUT2D eigenvalue weighted by Gasteiger charge is 2.10. The molecule has 0 aliphatic heterocycles. The second kappa shape index (κ2) is 5.71. The molecule has 0 radical (unpaired) electrons. The van der Waals surface area contributed by atoms with Crippen molar-refractivity contribution in [3.8, 4) is 0 Å². The maximum Gasteiger partial charge on any atom is 0.335 e. The van der Waals surface area contributed by atoms with Crippen LogP contribution in [0, 0.1) is 6.92 Å². The zero-order valence-corrected chi connectivity index (χ0v) is 11.1. The molecule has 0 fully saturated rings. The number of carbonyl (C=O) groups is 2. The van der Waals surface area contributed by atoms with Crippen LogP contribution in [0.2, 0.25) is 0 Å². The monoisotopic (exact) mass is 272 g/mol. The van der Waals surface area contributed by atoms with Gasteiger partial charge in [0, 0.05) is 10.5 Å². The Labute approximate surface area is 115 Å². The fourth-order valence-electron chi connectivity index (χ4n) is 1.63. The lowest BCUT2D eigenvalue weighted by Gasteiger charge is -2.04. The third-order valence-electron chi connectivity index (χ3n) is 2.68. The van der Waals surface area contributed by atoms with Crippen molar-refractivity contribution in [2.24, 2.45) is 0 Å². The third kappa shape index (κ3) is 3.23. The van der Waals surface area contributed by atoms with Gasteiger partial charge in [-0.3, -0.25) is 4.79 Å². The van der Waals surface area contributed by atoms with Crippen LogP contribution >= 0.6 is 11.8 Å². The first kappa shape index (κ1) is 13.4. The minimum absolute atomic E-state index is 0.0406. The lowest BCUT2D eigenvalue weighted by Crippen LogP contribution is -1.97. The molecule has 0 atom stereocenters. The molecule has 0 aliphatic rings. The van der Waals surface area contributed by atoms with Gasteiger partial charge in [-0.1, -0.05) is 24.3 Å². The van der Waals surface area contributed by atoms with E-state index in [9.17, 15) is 9.59 Å². The van der Waals surface area contributed by atoms with E-state index < -0.39 is 5.97 Å². The van der Waals surface area contributed by atoms with Crippen molar-refractivity contribution in [3.63, 3.8) is 0 Å². The second-order valence-corrected chi connectivity index (χ2v) is 5.08. The molecule has 0 saturated carbocycles. The molecule has 96 valence electrons. The Morgan fingerprint density at radius 2 is 1.63 bits per heavy atom. The molecule has 0 aromatic heterocycles. The molecule has 0 bridgehead atoms. The Morgan fingerprint density at radius 3 is 2.21 bits per heavy atom. The van der Waals surface area contributed by atoms with Crippen molar-refractivity contribution >= 4 is 22.8 Å². The van der Waals surface area contributed by atoms with Crippen LogP contribution in [-0.2, 0) is 0 Å². The molecule has 2 rings (SSSR count). The topological polar surface area (TPSA) is 54.4 Å². The normalized spacial score (nSPS) is 10.2. The smallest absolute Gasteiger partial charge is 0.335 e. The first-order valence-corrected chi connectivity index (χ1v) is 6.51. The predicted molar refractivity (Wildman–Crippen MR) is 74.8 cm³/mol. The SMILES string of the molecule is Cc1ccccc1C(=O)Sc1ccc(C(=O)O)cc1. The quantitative estimate of drug-likeness (QED) is 0.867. The summed E-state index contributed by atoms with van der Waals surface area (Å²) in [7, 11) is 0. The van der Waals surface area contributed by atoms with E-state index in [1.54, 1.807) is 18.2 Å². The first-order chi connectivity index (χ1) is 9.08. The van der Waals surface area contributed by atoms with Gasteiger partial charge in [-0.15, -0.1) is 0 Å². The van der Waals surface area contributed by atoms with E-state index in [-0.39, 0.29) is 10.7 Å². The molecule has 0 amide bonds. The minimum Gasteiger partial charge on any atom is -0.478 e. The summed E-state index contributed by atoms with van der Waals surface area (Å²) >= 11 is 1.10. The Hall–Kier alpha value is -2.07. The van der Waals surface area contributed by atoms with Crippen LogP contribution in [0.4, 0.5) is 0 Å². The van der Waals surface area contributed by atoms with Crippen molar-refractivity contribution < 1.29 is 14.7 Å². The van der Waals surface area contributed by atoms with Crippen molar-refractivity contribution in [1.82, 2.24) is 0 Å². The number of hydrogen-bond donors (Lipinski definition) is 1. The maximum atomic E-state index is 12.1. The number of benzene rings is 2. The van der Waals surface area contributed by atoms with Gasteiger partial charge in [0.25, 0.3) is 0 Å². The molecular weight excluding hydrogens is 260 g/mol. The van der Waals surface area contributed by atoms with Gasteiger partial charge in [0.2, 0.25) is 5.12 Å². The summed E-state index contributed by atoms with van der Waals surface area (Å²) in [5.41, 5.74) is 1.82. The summed E-state index contributed by atoms with van der Waals surface area (Å²) in [6.45, 7) is 1.89. The number of aryl methyl sites for hydroxylation is 1.